The second-order valence-electron chi connectivity index (χ2n) is 22.0. The molecular weight excluding hydrogens is 1010 g/mol. The van der Waals surface area contributed by atoms with Crippen molar-refractivity contribution in [2.24, 2.45) is 0 Å². The zero-order valence-corrected chi connectivity index (χ0v) is 52.1. The molecule has 0 saturated carbocycles. The highest BCUT2D eigenvalue weighted by Crippen LogP contribution is 2.16. The number of aliphatic carboxylic acids is 1. The molecule has 0 aliphatic heterocycles. The molecule has 1 N–H and O–H groups in total. The molecule has 0 bridgehead atoms. The van der Waals surface area contributed by atoms with E-state index in [1.165, 1.54) is 89.9 Å². The summed E-state index contributed by atoms with van der Waals surface area (Å²) in [6.07, 6.45) is 86.8. The Morgan fingerprint density at radius 1 is 0.370 bits per heavy atom. The van der Waals surface area contributed by atoms with Gasteiger partial charge in [0.2, 0.25) is 0 Å². The number of allylic oxidation sites excluding steroid dienone is 24. The van der Waals surface area contributed by atoms with Gasteiger partial charge in [-0.2, -0.15) is 0 Å². The van der Waals surface area contributed by atoms with Crippen molar-refractivity contribution in [1.82, 2.24) is 0 Å². The van der Waals surface area contributed by atoms with E-state index in [4.69, 9.17) is 18.9 Å². The van der Waals surface area contributed by atoms with E-state index < -0.39 is 30.3 Å². The number of quaternary nitrogens is 1. The molecule has 0 amide bonds. The van der Waals surface area contributed by atoms with Gasteiger partial charge in [-0.05, 0) is 109 Å². The van der Waals surface area contributed by atoms with E-state index in [0.29, 0.717) is 23.9 Å². The normalized spacial score (nSPS) is 13.7. The Labute approximate surface area is 496 Å². The molecule has 81 heavy (non-hydrogen) atoms. The summed E-state index contributed by atoms with van der Waals surface area (Å²) < 4.78 is 22.8. The third-order valence-corrected chi connectivity index (χ3v) is 13.1. The predicted molar refractivity (Wildman–Crippen MR) is 345 cm³/mol. The molecule has 0 rings (SSSR count). The molecular formula is C72H118NO8+. The van der Waals surface area contributed by atoms with Gasteiger partial charge in [-0.3, -0.25) is 9.59 Å². The second-order valence-corrected chi connectivity index (χ2v) is 22.0. The second kappa shape index (κ2) is 61.2. The van der Waals surface area contributed by atoms with E-state index in [1.807, 2.05) is 21.1 Å². The van der Waals surface area contributed by atoms with Crippen molar-refractivity contribution >= 4 is 17.9 Å². The van der Waals surface area contributed by atoms with Crippen LogP contribution in [-0.4, -0.2) is 87.4 Å². The summed E-state index contributed by atoms with van der Waals surface area (Å²) in [4.78, 5) is 37.4. The third-order valence-electron chi connectivity index (χ3n) is 13.1. The van der Waals surface area contributed by atoms with Crippen LogP contribution in [0.1, 0.15) is 232 Å². The Balaban J connectivity index is 4.12. The van der Waals surface area contributed by atoms with Gasteiger partial charge >= 0.3 is 17.9 Å². The van der Waals surface area contributed by atoms with Gasteiger partial charge in [-0.15, -0.1) is 0 Å². The highest BCUT2D eigenvalue weighted by Gasteiger charge is 2.25. The van der Waals surface area contributed by atoms with Crippen LogP contribution in [0.15, 0.2) is 146 Å². The molecule has 0 spiro atoms. The quantitative estimate of drug-likeness (QED) is 0.0211. The molecule has 9 heteroatoms. The van der Waals surface area contributed by atoms with Crippen molar-refractivity contribution in [2.75, 3.05) is 47.5 Å². The lowest BCUT2D eigenvalue weighted by molar-refractivity contribution is -0.870. The molecule has 0 aromatic carbocycles. The highest BCUT2D eigenvalue weighted by molar-refractivity contribution is 5.71. The molecule has 0 aliphatic rings. The third kappa shape index (κ3) is 62.6. The fourth-order valence-electron chi connectivity index (χ4n) is 8.26. The van der Waals surface area contributed by atoms with E-state index in [0.717, 1.165) is 103 Å². The molecule has 0 saturated heterocycles. The minimum atomic E-state index is -1.53. The van der Waals surface area contributed by atoms with Crippen LogP contribution in [0, 0.1) is 0 Å². The molecule has 458 valence electrons. The number of likely N-dealkylation sites (N-methyl/N-ethyl adjacent to an activating group) is 1. The summed E-state index contributed by atoms with van der Waals surface area (Å²) in [6, 6.07) is 0. The average Bonchev–Trinajstić information content (AvgIpc) is 3.44. The maximum atomic E-state index is 12.9. The largest absolute Gasteiger partial charge is 0.477 e. The van der Waals surface area contributed by atoms with Crippen LogP contribution in [0.2, 0.25) is 0 Å². The van der Waals surface area contributed by atoms with Crippen LogP contribution in [0.25, 0.3) is 0 Å². The van der Waals surface area contributed by atoms with Crippen molar-refractivity contribution < 1.29 is 42.9 Å². The SMILES string of the molecule is CC/C=C\C/C=C\C/C=C\C/C=C\C/C=C\C/C=C\C/C=C\CCCCCCCCCCCCCCCCCCCC(=O)OC(COC(=O)CCC/C=C\C/C=C\C/C=C\C/C=C\C/C=C\CC)COC(OCC[N+](C)(C)C)C(=O)O. The van der Waals surface area contributed by atoms with Crippen molar-refractivity contribution in [3.63, 3.8) is 0 Å². The van der Waals surface area contributed by atoms with Crippen LogP contribution < -0.4 is 0 Å². The van der Waals surface area contributed by atoms with Crippen LogP contribution in [0.3, 0.4) is 0 Å². The van der Waals surface area contributed by atoms with E-state index in [2.05, 4.69) is 160 Å². The number of nitrogens with zero attached hydrogens (tertiary/aromatic N) is 1. The number of hydrogen-bond donors (Lipinski definition) is 1. The number of rotatable bonds is 57. The smallest absolute Gasteiger partial charge is 0.361 e. The Morgan fingerprint density at radius 3 is 1.02 bits per heavy atom. The van der Waals surface area contributed by atoms with Gasteiger partial charge in [-0.1, -0.05) is 256 Å². The first-order valence-corrected chi connectivity index (χ1v) is 32.0. The molecule has 2 atom stereocenters. The van der Waals surface area contributed by atoms with Crippen LogP contribution in [-0.2, 0) is 33.3 Å². The summed E-state index contributed by atoms with van der Waals surface area (Å²) in [6.45, 7) is 4.57. The van der Waals surface area contributed by atoms with Crippen molar-refractivity contribution in [2.45, 2.75) is 245 Å². The summed E-state index contributed by atoms with van der Waals surface area (Å²) in [5.41, 5.74) is 0. The van der Waals surface area contributed by atoms with Gasteiger partial charge in [0.05, 0.1) is 34.4 Å². The van der Waals surface area contributed by atoms with Gasteiger partial charge < -0.3 is 28.5 Å². The number of carbonyl (C=O) groups is 3. The topological polar surface area (TPSA) is 108 Å². The maximum absolute atomic E-state index is 12.9. The lowest BCUT2D eigenvalue weighted by Crippen LogP contribution is -2.40. The molecule has 0 fully saturated rings. The van der Waals surface area contributed by atoms with Crippen LogP contribution in [0.4, 0.5) is 0 Å². The number of carboxylic acids is 1. The monoisotopic (exact) mass is 1120 g/mol. The van der Waals surface area contributed by atoms with E-state index in [-0.39, 0.29) is 32.7 Å². The molecule has 2 unspecified atom stereocenters. The number of carboxylic acid groups (broad SMARTS) is 1. The van der Waals surface area contributed by atoms with Gasteiger partial charge in [-0.25, -0.2) is 4.79 Å². The molecule has 0 heterocycles. The van der Waals surface area contributed by atoms with Gasteiger partial charge in [0.15, 0.2) is 6.10 Å². The summed E-state index contributed by atoms with van der Waals surface area (Å²) in [7, 11) is 5.95. The van der Waals surface area contributed by atoms with E-state index >= 15 is 0 Å². The number of ether oxygens (including phenoxy) is 4. The lowest BCUT2D eigenvalue weighted by Gasteiger charge is -2.25. The van der Waals surface area contributed by atoms with E-state index in [1.54, 1.807) is 0 Å². The zero-order valence-electron chi connectivity index (χ0n) is 52.1. The maximum Gasteiger partial charge on any atom is 0.361 e. The number of esters is 2. The van der Waals surface area contributed by atoms with Crippen molar-refractivity contribution in [3.8, 4) is 0 Å². The summed E-state index contributed by atoms with van der Waals surface area (Å²) in [5, 5.41) is 9.71. The first-order valence-electron chi connectivity index (χ1n) is 32.0. The van der Waals surface area contributed by atoms with Gasteiger partial charge in [0.25, 0.3) is 6.29 Å². The van der Waals surface area contributed by atoms with Gasteiger partial charge in [0, 0.05) is 12.8 Å². The van der Waals surface area contributed by atoms with Crippen LogP contribution >= 0.6 is 0 Å². The molecule has 0 aromatic heterocycles. The highest BCUT2D eigenvalue weighted by atomic mass is 16.7. The van der Waals surface area contributed by atoms with Crippen molar-refractivity contribution in [1.29, 1.82) is 0 Å². The fourth-order valence-corrected chi connectivity index (χ4v) is 8.26. The Hall–Kier alpha value is -4.83. The Morgan fingerprint density at radius 2 is 0.679 bits per heavy atom. The predicted octanol–water partition coefficient (Wildman–Crippen LogP) is 19.6. The standard InChI is InChI=1S/C72H117NO8/c1-6-8-10-12-14-16-18-20-22-24-25-26-27-28-29-30-31-32-33-34-35-36-37-38-39-40-41-42-43-44-45-47-49-51-53-55-57-59-61-63-70(75)81-68(67-80-72(71(76)77)78-65-64-73(3,4)5)66-79-69(74)62-60-58-56-54-52-50-48-46-23-21-19-17-15-13-11-9-7-2/h8-11,14-17,20-23,25-26,28-29,31-32,34-35,48,50,54,56,68,72H,6-7,12-13,18-19,24,27,30,33,36-47,49,51-53,55,57-67H2,1-5H3/p+1/b10-8-,11-9-,16-14-,17-15-,22-20-,23-21-,26-25-,29-28-,32-31-,35-34-,50-48-,56-54-. The number of unbranched alkanes of at least 4 members (excludes halogenated alkanes) is 18. The molecule has 9 nitrogen and oxygen atoms in total. The minimum Gasteiger partial charge on any atom is -0.477 e. The van der Waals surface area contributed by atoms with Gasteiger partial charge in [0.1, 0.15) is 13.2 Å². The van der Waals surface area contributed by atoms with Crippen LogP contribution in [0.5, 0.6) is 0 Å². The minimum absolute atomic E-state index is 0.173. The first kappa shape index (κ1) is 76.2. The zero-order chi connectivity index (χ0) is 59.1. The molecule has 0 radical (unpaired) electrons. The lowest BCUT2D eigenvalue weighted by atomic mass is 10.0. The first-order chi connectivity index (χ1) is 39.6. The number of carbonyl (C=O) groups excluding carboxylic acids is 2. The fraction of sp³-hybridized carbons (Fsp3) is 0.625. The molecule has 0 aromatic rings. The van der Waals surface area contributed by atoms with E-state index in [9.17, 15) is 19.5 Å². The average molecular weight is 1130 g/mol. The Bertz CT molecular complexity index is 1840. The number of hydrogen-bond acceptors (Lipinski definition) is 7. The van der Waals surface area contributed by atoms with Crippen molar-refractivity contribution in [3.05, 3.63) is 146 Å². The molecule has 0 aliphatic carbocycles. The Kier molecular flexibility index (Phi) is 57.6. The summed E-state index contributed by atoms with van der Waals surface area (Å²) in [5.74, 6) is -2.09. The summed E-state index contributed by atoms with van der Waals surface area (Å²) >= 11 is 0.